The van der Waals surface area contributed by atoms with Crippen molar-refractivity contribution in [3.05, 3.63) is 58.0 Å². The molecule has 2 aliphatic rings. The van der Waals surface area contributed by atoms with Crippen molar-refractivity contribution < 1.29 is 27.2 Å². The number of rotatable bonds is 5. The first-order valence-corrected chi connectivity index (χ1v) is 11.8. The van der Waals surface area contributed by atoms with E-state index in [0.29, 0.717) is 53.8 Å². The maximum Gasteiger partial charge on any atom is 0.270 e. The number of hydrogen-bond donors (Lipinski definition) is 0. The molecule has 0 amide bonds. The van der Waals surface area contributed by atoms with Crippen molar-refractivity contribution in [1.29, 1.82) is 0 Å². The van der Waals surface area contributed by atoms with Crippen LogP contribution in [0.5, 0.6) is 11.5 Å². The normalized spacial score (nSPS) is 18.4. The van der Waals surface area contributed by atoms with Gasteiger partial charge in [-0.05, 0) is 43.5 Å². The number of aromatic nitrogens is 2. The summed E-state index contributed by atoms with van der Waals surface area (Å²) >= 11 is 0. The van der Waals surface area contributed by atoms with Crippen molar-refractivity contribution in [2.75, 3.05) is 19.9 Å². The summed E-state index contributed by atoms with van der Waals surface area (Å²) in [7, 11) is -3.93. The zero-order valence-electron chi connectivity index (χ0n) is 17.6. The van der Waals surface area contributed by atoms with Crippen LogP contribution in [0, 0.1) is 17.0 Å². The minimum atomic E-state index is -3.93. The topological polar surface area (TPSA) is 138 Å². The Kier molecular flexibility index (Phi) is 5.25. The predicted molar refractivity (Wildman–Crippen MR) is 114 cm³/mol. The molecule has 5 rings (SSSR count). The van der Waals surface area contributed by atoms with Crippen LogP contribution in [0.3, 0.4) is 0 Å². The van der Waals surface area contributed by atoms with E-state index >= 15 is 0 Å². The first-order chi connectivity index (χ1) is 15.8. The van der Waals surface area contributed by atoms with Crippen LogP contribution in [-0.4, -0.2) is 47.7 Å². The van der Waals surface area contributed by atoms with E-state index in [0.717, 1.165) is 6.07 Å². The molecule has 3 heterocycles. The summed E-state index contributed by atoms with van der Waals surface area (Å²) in [6.45, 7) is 2.23. The maximum atomic E-state index is 13.3. The average Bonchev–Trinajstić information content (AvgIpc) is 3.48. The van der Waals surface area contributed by atoms with E-state index in [-0.39, 0.29) is 29.8 Å². The van der Waals surface area contributed by atoms with Crippen LogP contribution < -0.4 is 9.47 Å². The number of piperidine rings is 1. The van der Waals surface area contributed by atoms with Gasteiger partial charge in [0.15, 0.2) is 11.5 Å². The highest BCUT2D eigenvalue weighted by atomic mass is 32.2. The molecular weight excluding hydrogens is 452 g/mol. The highest BCUT2D eigenvalue weighted by Crippen LogP contribution is 2.37. The van der Waals surface area contributed by atoms with Gasteiger partial charge in [-0.3, -0.25) is 10.1 Å². The third kappa shape index (κ3) is 3.91. The van der Waals surface area contributed by atoms with E-state index in [9.17, 15) is 18.5 Å². The number of fused-ring (bicyclic) bond motifs is 1. The summed E-state index contributed by atoms with van der Waals surface area (Å²) in [4.78, 5) is 10.5. The third-order valence-corrected chi connectivity index (χ3v) is 7.80. The number of hydrogen-bond acceptors (Lipinski definition) is 9. The number of nitrogens with zero attached hydrogens (tertiary/aromatic N) is 4. The molecule has 1 fully saturated rings. The van der Waals surface area contributed by atoms with Crippen LogP contribution >= 0.6 is 0 Å². The van der Waals surface area contributed by atoms with Crippen molar-refractivity contribution in [2.24, 2.45) is 0 Å². The minimum Gasteiger partial charge on any atom is -0.454 e. The van der Waals surface area contributed by atoms with Gasteiger partial charge in [0, 0.05) is 30.8 Å². The number of sulfonamides is 1. The Bertz CT molecular complexity index is 1340. The molecule has 1 saturated heterocycles. The molecule has 1 atom stereocenters. The molecule has 0 spiro atoms. The lowest BCUT2D eigenvalue weighted by atomic mass is 10.00. The van der Waals surface area contributed by atoms with E-state index < -0.39 is 14.9 Å². The molecule has 1 aromatic heterocycles. The van der Waals surface area contributed by atoms with Gasteiger partial charge in [-0.2, -0.15) is 4.31 Å². The summed E-state index contributed by atoms with van der Waals surface area (Å²) in [6, 6.07) is 9.15. The van der Waals surface area contributed by atoms with E-state index in [1.165, 1.54) is 16.4 Å². The lowest BCUT2D eigenvalue weighted by Gasteiger charge is -2.30. The van der Waals surface area contributed by atoms with Crippen LogP contribution in [0.2, 0.25) is 0 Å². The van der Waals surface area contributed by atoms with Crippen molar-refractivity contribution in [1.82, 2.24) is 14.5 Å². The smallest absolute Gasteiger partial charge is 0.270 e. The molecule has 0 N–H and O–H groups in total. The SMILES string of the molecule is Cc1ccc([N+](=O)[O-])cc1S(=O)(=O)N1CCCC(c2nnc(-c3ccc4c(c3)OCO4)o2)C1. The van der Waals surface area contributed by atoms with Crippen LogP contribution in [0.25, 0.3) is 11.5 Å². The molecule has 1 unspecified atom stereocenters. The number of ether oxygens (including phenoxy) is 2. The Balaban J connectivity index is 1.38. The molecule has 3 aromatic rings. The van der Waals surface area contributed by atoms with Gasteiger partial charge in [0.1, 0.15) is 0 Å². The lowest BCUT2D eigenvalue weighted by molar-refractivity contribution is -0.385. The second-order valence-electron chi connectivity index (χ2n) is 7.92. The van der Waals surface area contributed by atoms with Gasteiger partial charge in [0.25, 0.3) is 5.69 Å². The Labute approximate surface area is 189 Å². The summed E-state index contributed by atoms with van der Waals surface area (Å²) in [5, 5.41) is 19.4. The standard InChI is InChI=1S/C21H20N4O7S/c1-13-4-6-16(25(26)27)10-19(13)33(28,29)24-8-2-3-15(11-24)21-23-22-20(32-21)14-5-7-17-18(9-14)31-12-30-17/h4-7,9-10,15H,2-3,8,11-12H2,1H3. The van der Waals surface area contributed by atoms with Gasteiger partial charge in [-0.25, -0.2) is 8.42 Å². The molecule has 11 nitrogen and oxygen atoms in total. The largest absolute Gasteiger partial charge is 0.454 e. The maximum absolute atomic E-state index is 13.3. The van der Waals surface area contributed by atoms with Gasteiger partial charge in [0.2, 0.25) is 28.6 Å². The fraction of sp³-hybridized carbons (Fsp3) is 0.333. The van der Waals surface area contributed by atoms with Crippen molar-refractivity contribution in [3.63, 3.8) is 0 Å². The van der Waals surface area contributed by atoms with E-state index in [1.54, 1.807) is 25.1 Å². The molecule has 12 heteroatoms. The second kappa shape index (κ2) is 8.12. The average molecular weight is 472 g/mol. The summed E-state index contributed by atoms with van der Waals surface area (Å²) in [5.41, 5.74) is 0.856. The molecule has 0 radical (unpaired) electrons. The van der Waals surface area contributed by atoms with E-state index in [4.69, 9.17) is 13.9 Å². The number of nitro groups is 1. The first kappa shape index (κ1) is 21.3. The molecule has 0 aliphatic carbocycles. The van der Waals surface area contributed by atoms with Gasteiger partial charge in [-0.1, -0.05) is 6.07 Å². The van der Waals surface area contributed by atoms with E-state index in [2.05, 4.69) is 10.2 Å². The quantitative estimate of drug-likeness (QED) is 0.404. The predicted octanol–water partition coefficient (Wildman–Crippen LogP) is 3.25. The number of benzene rings is 2. The van der Waals surface area contributed by atoms with Gasteiger partial charge >= 0.3 is 0 Å². The number of nitro benzene ring substituents is 1. The third-order valence-electron chi connectivity index (χ3n) is 5.79. The Morgan fingerprint density at radius 1 is 1.12 bits per heavy atom. The van der Waals surface area contributed by atoms with Gasteiger partial charge in [0.05, 0.1) is 15.7 Å². The zero-order valence-corrected chi connectivity index (χ0v) is 18.4. The molecule has 0 bridgehead atoms. The highest BCUT2D eigenvalue weighted by molar-refractivity contribution is 7.89. The molecule has 172 valence electrons. The minimum absolute atomic E-state index is 0.0658. The summed E-state index contributed by atoms with van der Waals surface area (Å²) in [5.74, 6) is 1.59. The fourth-order valence-electron chi connectivity index (χ4n) is 4.03. The first-order valence-electron chi connectivity index (χ1n) is 10.3. The zero-order chi connectivity index (χ0) is 23.2. The van der Waals surface area contributed by atoms with Gasteiger partial charge < -0.3 is 13.9 Å². The van der Waals surface area contributed by atoms with Crippen LogP contribution in [0.15, 0.2) is 45.7 Å². The van der Waals surface area contributed by atoms with Crippen molar-refractivity contribution in [3.8, 4) is 23.0 Å². The van der Waals surface area contributed by atoms with Crippen LogP contribution in [0.1, 0.15) is 30.2 Å². The number of aryl methyl sites for hydroxylation is 1. The van der Waals surface area contributed by atoms with Gasteiger partial charge in [-0.15, -0.1) is 10.2 Å². The summed E-state index contributed by atoms with van der Waals surface area (Å²) in [6.07, 6.45) is 1.28. The molecule has 2 aliphatic heterocycles. The molecule has 2 aromatic carbocycles. The highest BCUT2D eigenvalue weighted by Gasteiger charge is 2.35. The molecular formula is C21H20N4O7S. The number of non-ortho nitro benzene ring substituents is 1. The molecule has 0 saturated carbocycles. The molecule has 33 heavy (non-hydrogen) atoms. The monoisotopic (exact) mass is 472 g/mol. The fourth-order valence-corrected chi connectivity index (χ4v) is 5.80. The van der Waals surface area contributed by atoms with Crippen molar-refractivity contribution in [2.45, 2.75) is 30.6 Å². The lowest BCUT2D eigenvalue weighted by Crippen LogP contribution is -2.39. The Morgan fingerprint density at radius 3 is 2.76 bits per heavy atom. The second-order valence-corrected chi connectivity index (χ2v) is 9.83. The van der Waals surface area contributed by atoms with Crippen LogP contribution in [-0.2, 0) is 10.0 Å². The Hall–Kier alpha value is -3.51. The van der Waals surface area contributed by atoms with Crippen LogP contribution in [0.4, 0.5) is 5.69 Å². The Morgan fingerprint density at radius 2 is 1.94 bits per heavy atom. The van der Waals surface area contributed by atoms with Crippen molar-refractivity contribution >= 4 is 15.7 Å². The summed E-state index contributed by atoms with van der Waals surface area (Å²) < 4.78 is 44.5. The van der Waals surface area contributed by atoms with E-state index in [1.807, 2.05) is 0 Å².